The smallest absolute Gasteiger partial charge is 0.0617 e. The number of rotatable bonds is 1. The molecule has 62 valence electrons. The molecule has 1 rings (SSSR count). The first-order valence-electron chi connectivity index (χ1n) is 3.94. The molecule has 0 spiro atoms. The van der Waals surface area contributed by atoms with Gasteiger partial charge < -0.3 is 11.5 Å². The summed E-state index contributed by atoms with van der Waals surface area (Å²) in [6, 6.07) is 0. The van der Waals surface area contributed by atoms with Crippen molar-refractivity contribution < 1.29 is 0 Å². The number of allylic oxidation sites excluding steroid dienone is 3. The van der Waals surface area contributed by atoms with Crippen molar-refractivity contribution in [3.05, 3.63) is 24.3 Å². The third-order valence-corrected chi connectivity index (χ3v) is 2.67. The van der Waals surface area contributed by atoms with E-state index in [1.165, 1.54) is 0 Å². The van der Waals surface area contributed by atoms with E-state index >= 15 is 0 Å². The van der Waals surface area contributed by atoms with Crippen LogP contribution >= 0.6 is 0 Å². The summed E-state index contributed by atoms with van der Waals surface area (Å²) in [5.74, 6) is 0.424. The molecular weight excluding hydrogens is 136 g/mol. The Hall–Kier alpha value is -0.600. The highest BCUT2D eigenvalue weighted by Crippen LogP contribution is 2.33. The lowest BCUT2D eigenvalue weighted by molar-refractivity contribution is 0.262. The quantitative estimate of drug-likeness (QED) is 0.551. The first-order valence-corrected chi connectivity index (χ1v) is 3.94. The van der Waals surface area contributed by atoms with Crippen molar-refractivity contribution in [2.75, 3.05) is 0 Å². The van der Waals surface area contributed by atoms with Gasteiger partial charge in [0.25, 0.3) is 0 Å². The van der Waals surface area contributed by atoms with Crippen molar-refractivity contribution in [2.45, 2.75) is 20.0 Å². The molecule has 0 saturated carbocycles. The topological polar surface area (TPSA) is 52.0 Å². The number of nitrogens with two attached hydrogens (primary N) is 2. The number of hydrogen-bond acceptors (Lipinski definition) is 2. The summed E-state index contributed by atoms with van der Waals surface area (Å²) >= 11 is 0. The van der Waals surface area contributed by atoms with Gasteiger partial charge in [-0.3, -0.25) is 0 Å². The van der Waals surface area contributed by atoms with Crippen LogP contribution < -0.4 is 11.5 Å². The van der Waals surface area contributed by atoms with Gasteiger partial charge in [0.2, 0.25) is 0 Å². The molecule has 0 aliphatic heterocycles. The van der Waals surface area contributed by atoms with Crippen LogP contribution in [0.25, 0.3) is 0 Å². The van der Waals surface area contributed by atoms with Crippen LogP contribution in [0, 0.1) is 11.3 Å². The highest BCUT2D eigenvalue weighted by Gasteiger charge is 2.32. The Balaban J connectivity index is 2.85. The molecule has 0 saturated heterocycles. The molecule has 0 amide bonds. The Morgan fingerprint density at radius 1 is 1.36 bits per heavy atom. The summed E-state index contributed by atoms with van der Waals surface area (Å²) in [4.78, 5) is 0. The predicted octanol–water partition coefficient (Wildman–Crippen LogP) is 0.998. The van der Waals surface area contributed by atoms with E-state index < -0.39 is 0 Å². The fourth-order valence-corrected chi connectivity index (χ4v) is 1.27. The Kier molecular flexibility index (Phi) is 2.16. The van der Waals surface area contributed by atoms with Crippen LogP contribution in [0.15, 0.2) is 24.3 Å². The minimum atomic E-state index is -0.279. The zero-order valence-electron chi connectivity index (χ0n) is 7.12. The van der Waals surface area contributed by atoms with Gasteiger partial charge >= 0.3 is 0 Å². The zero-order valence-corrected chi connectivity index (χ0v) is 7.12. The molecule has 2 nitrogen and oxygen atoms in total. The molecule has 2 atom stereocenters. The van der Waals surface area contributed by atoms with Crippen molar-refractivity contribution in [2.24, 2.45) is 22.8 Å². The normalized spacial score (nSPS) is 36.6. The van der Waals surface area contributed by atoms with Crippen LogP contribution in [0.2, 0.25) is 0 Å². The molecule has 0 aromatic heterocycles. The van der Waals surface area contributed by atoms with E-state index in [0.717, 1.165) is 0 Å². The highest BCUT2D eigenvalue weighted by molar-refractivity contribution is 5.19. The van der Waals surface area contributed by atoms with E-state index in [0.29, 0.717) is 5.92 Å². The summed E-state index contributed by atoms with van der Waals surface area (Å²) in [7, 11) is 0. The SMILES string of the molecule is CC1C=CC=CC1(C)C(N)N. The van der Waals surface area contributed by atoms with E-state index in [-0.39, 0.29) is 11.6 Å². The fourth-order valence-electron chi connectivity index (χ4n) is 1.27. The van der Waals surface area contributed by atoms with Gasteiger partial charge in [-0.1, -0.05) is 38.2 Å². The highest BCUT2D eigenvalue weighted by atomic mass is 14.9. The first kappa shape index (κ1) is 8.50. The lowest BCUT2D eigenvalue weighted by Crippen LogP contribution is -2.49. The maximum Gasteiger partial charge on any atom is 0.0617 e. The summed E-state index contributed by atoms with van der Waals surface area (Å²) in [5.41, 5.74) is 11.3. The van der Waals surface area contributed by atoms with Gasteiger partial charge in [0, 0.05) is 5.41 Å². The van der Waals surface area contributed by atoms with Crippen molar-refractivity contribution in [1.82, 2.24) is 0 Å². The number of hydrogen-bond donors (Lipinski definition) is 2. The van der Waals surface area contributed by atoms with E-state index in [2.05, 4.69) is 26.0 Å². The van der Waals surface area contributed by atoms with Gasteiger partial charge in [-0.2, -0.15) is 0 Å². The van der Waals surface area contributed by atoms with Gasteiger partial charge in [-0.15, -0.1) is 0 Å². The molecule has 1 aliphatic carbocycles. The van der Waals surface area contributed by atoms with Crippen LogP contribution in [0.4, 0.5) is 0 Å². The standard InChI is InChI=1S/C9H16N2/c1-7-5-3-4-6-9(7,2)8(10)11/h3-8H,10-11H2,1-2H3. The summed E-state index contributed by atoms with van der Waals surface area (Å²) in [6.45, 7) is 4.22. The molecule has 0 heterocycles. The monoisotopic (exact) mass is 152 g/mol. The molecule has 11 heavy (non-hydrogen) atoms. The minimum absolute atomic E-state index is 0.0747. The maximum absolute atomic E-state index is 5.68. The Bertz CT molecular complexity index is 194. The molecule has 2 heteroatoms. The molecule has 1 aliphatic rings. The Labute approximate surface area is 68.0 Å². The minimum Gasteiger partial charge on any atom is -0.315 e. The molecule has 0 aromatic carbocycles. The third-order valence-electron chi connectivity index (χ3n) is 2.67. The lowest BCUT2D eigenvalue weighted by Gasteiger charge is -2.36. The van der Waals surface area contributed by atoms with E-state index in [1.807, 2.05) is 12.2 Å². The van der Waals surface area contributed by atoms with Crippen molar-refractivity contribution in [3.63, 3.8) is 0 Å². The van der Waals surface area contributed by atoms with E-state index in [9.17, 15) is 0 Å². The van der Waals surface area contributed by atoms with E-state index in [4.69, 9.17) is 11.5 Å². The van der Waals surface area contributed by atoms with Crippen LogP contribution in [0.3, 0.4) is 0 Å². The summed E-state index contributed by atoms with van der Waals surface area (Å²) in [6.07, 6.45) is 7.98. The van der Waals surface area contributed by atoms with E-state index in [1.54, 1.807) is 0 Å². The second-order valence-electron chi connectivity index (χ2n) is 3.42. The van der Waals surface area contributed by atoms with Gasteiger partial charge in [0.15, 0.2) is 0 Å². The molecule has 0 bridgehead atoms. The molecule has 4 N–H and O–H groups in total. The van der Waals surface area contributed by atoms with Crippen LogP contribution in [0.5, 0.6) is 0 Å². The van der Waals surface area contributed by atoms with Crippen LogP contribution in [0.1, 0.15) is 13.8 Å². The predicted molar refractivity (Wildman–Crippen MR) is 47.7 cm³/mol. The Morgan fingerprint density at radius 3 is 2.36 bits per heavy atom. The zero-order chi connectivity index (χ0) is 8.48. The summed E-state index contributed by atoms with van der Waals surface area (Å²) < 4.78 is 0. The van der Waals surface area contributed by atoms with Crippen molar-refractivity contribution in [3.8, 4) is 0 Å². The second kappa shape index (κ2) is 2.80. The summed E-state index contributed by atoms with van der Waals surface area (Å²) in [5, 5.41) is 0. The average Bonchev–Trinajstić information content (AvgIpc) is 1.95. The lowest BCUT2D eigenvalue weighted by atomic mass is 9.73. The van der Waals surface area contributed by atoms with Crippen LogP contribution in [-0.2, 0) is 0 Å². The Morgan fingerprint density at radius 2 is 2.00 bits per heavy atom. The van der Waals surface area contributed by atoms with Gasteiger partial charge in [-0.25, -0.2) is 0 Å². The van der Waals surface area contributed by atoms with Gasteiger partial charge in [-0.05, 0) is 5.92 Å². The first-order chi connectivity index (χ1) is 5.07. The van der Waals surface area contributed by atoms with Gasteiger partial charge in [0.1, 0.15) is 0 Å². The van der Waals surface area contributed by atoms with Crippen LogP contribution in [-0.4, -0.2) is 6.17 Å². The molecule has 2 unspecified atom stereocenters. The average molecular weight is 152 g/mol. The molecular formula is C9H16N2. The van der Waals surface area contributed by atoms with Crippen molar-refractivity contribution >= 4 is 0 Å². The van der Waals surface area contributed by atoms with Crippen molar-refractivity contribution in [1.29, 1.82) is 0 Å². The molecule has 0 radical (unpaired) electrons. The largest absolute Gasteiger partial charge is 0.315 e. The fraction of sp³-hybridized carbons (Fsp3) is 0.556. The third kappa shape index (κ3) is 1.37. The molecule has 0 fully saturated rings. The molecule has 0 aromatic rings. The maximum atomic E-state index is 5.68. The second-order valence-corrected chi connectivity index (χ2v) is 3.42. The van der Waals surface area contributed by atoms with Gasteiger partial charge in [0.05, 0.1) is 6.17 Å².